The van der Waals surface area contributed by atoms with Gasteiger partial charge in [-0.1, -0.05) is 30.0 Å². The molecule has 0 saturated heterocycles. The highest BCUT2D eigenvalue weighted by molar-refractivity contribution is 8.00. The first-order valence-corrected chi connectivity index (χ1v) is 9.12. The van der Waals surface area contributed by atoms with Gasteiger partial charge in [0.15, 0.2) is 11.0 Å². The van der Waals surface area contributed by atoms with Crippen LogP contribution < -0.4 is 5.32 Å². The third-order valence-electron chi connectivity index (χ3n) is 4.04. The first-order valence-electron chi connectivity index (χ1n) is 8.24. The quantitative estimate of drug-likeness (QED) is 0.666. The maximum atomic E-state index is 14.0. The SMILES string of the molecule is Cc1ccc(NC(=O)[C@@H](C)Sc2nnc(-c3ccccc3F)n2C)cc1F. The molecule has 3 aromatic rings. The molecule has 0 aliphatic heterocycles. The van der Waals surface area contributed by atoms with Gasteiger partial charge in [0.2, 0.25) is 5.91 Å². The van der Waals surface area contributed by atoms with Crippen molar-refractivity contribution in [1.82, 2.24) is 14.8 Å². The minimum atomic E-state index is -0.509. The molecule has 0 radical (unpaired) electrons. The summed E-state index contributed by atoms with van der Waals surface area (Å²) in [5.41, 5.74) is 1.24. The van der Waals surface area contributed by atoms with Crippen LogP contribution in [0.15, 0.2) is 47.6 Å². The average molecular weight is 388 g/mol. The van der Waals surface area contributed by atoms with Gasteiger partial charge in [-0.25, -0.2) is 8.78 Å². The van der Waals surface area contributed by atoms with Crippen molar-refractivity contribution in [1.29, 1.82) is 0 Å². The van der Waals surface area contributed by atoms with Gasteiger partial charge in [0.05, 0.1) is 10.8 Å². The van der Waals surface area contributed by atoms with Gasteiger partial charge < -0.3 is 9.88 Å². The molecular formula is C19H18F2N4OS. The Labute approximate surface area is 159 Å². The van der Waals surface area contributed by atoms with E-state index in [4.69, 9.17) is 0 Å². The van der Waals surface area contributed by atoms with Crippen LogP contribution in [-0.2, 0) is 11.8 Å². The molecule has 3 rings (SSSR count). The number of nitrogens with zero attached hydrogens (tertiary/aromatic N) is 3. The lowest BCUT2D eigenvalue weighted by atomic mass is 10.2. The lowest BCUT2D eigenvalue weighted by Crippen LogP contribution is -2.23. The van der Waals surface area contributed by atoms with E-state index in [1.54, 1.807) is 55.8 Å². The van der Waals surface area contributed by atoms with Crippen molar-refractivity contribution in [3.8, 4) is 11.4 Å². The number of benzene rings is 2. The molecule has 8 heteroatoms. The third-order valence-corrected chi connectivity index (χ3v) is 5.17. The van der Waals surface area contributed by atoms with E-state index < -0.39 is 11.1 Å². The molecule has 0 fully saturated rings. The van der Waals surface area contributed by atoms with E-state index in [1.165, 1.54) is 23.9 Å². The van der Waals surface area contributed by atoms with Gasteiger partial charge in [0.25, 0.3) is 0 Å². The normalized spacial score (nSPS) is 12.0. The minimum Gasteiger partial charge on any atom is -0.325 e. The lowest BCUT2D eigenvalue weighted by molar-refractivity contribution is -0.115. The highest BCUT2D eigenvalue weighted by Crippen LogP contribution is 2.27. The highest BCUT2D eigenvalue weighted by Gasteiger charge is 2.20. The minimum absolute atomic E-state index is 0.293. The maximum Gasteiger partial charge on any atom is 0.237 e. The number of carbonyl (C=O) groups is 1. The molecule has 1 N–H and O–H groups in total. The summed E-state index contributed by atoms with van der Waals surface area (Å²) in [7, 11) is 1.71. The Hall–Kier alpha value is -2.74. The second-order valence-electron chi connectivity index (χ2n) is 6.06. The summed E-state index contributed by atoms with van der Waals surface area (Å²) >= 11 is 1.19. The number of carbonyl (C=O) groups excluding carboxylic acids is 1. The first-order chi connectivity index (χ1) is 12.9. The van der Waals surface area contributed by atoms with Crippen LogP contribution in [0.25, 0.3) is 11.4 Å². The zero-order valence-corrected chi connectivity index (χ0v) is 15.8. The summed E-state index contributed by atoms with van der Waals surface area (Å²) in [5.74, 6) is -0.685. The van der Waals surface area contributed by atoms with Gasteiger partial charge in [-0.05, 0) is 43.7 Å². The second-order valence-corrected chi connectivity index (χ2v) is 7.37. The van der Waals surface area contributed by atoms with E-state index in [9.17, 15) is 13.6 Å². The molecule has 2 aromatic carbocycles. The smallest absolute Gasteiger partial charge is 0.237 e. The maximum absolute atomic E-state index is 14.0. The van der Waals surface area contributed by atoms with Gasteiger partial charge in [0.1, 0.15) is 11.6 Å². The Morgan fingerprint density at radius 1 is 1.15 bits per heavy atom. The van der Waals surface area contributed by atoms with Crippen LogP contribution in [0.5, 0.6) is 0 Å². The fraction of sp³-hybridized carbons (Fsp3) is 0.211. The number of aryl methyl sites for hydroxylation is 1. The standard InChI is InChI=1S/C19H18F2N4OS/c1-11-8-9-13(10-16(11)21)22-18(26)12(2)27-19-24-23-17(25(19)3)14-6-4-5-7-15(14)20/h4-10,12H,1-3H3,(H,22,26)/t12-/m1/s1. The molecule has 0 unspecified atom stereocenters. The third kappa shape index (κ3) is 4.16. The Kier molecular flexibility index (Phi) is 5.55. The number of rotatable bonds is 5. The molecule has 1 aromatic heterocycles. The summed E-state index contributed by atoms with van der Waals surface area (Å²) in [4.78, 5) is 12.4. The molecule has 0 spiro atoms. The number of amides is 1. The van der Waals surface area contributed by atoms with Crippen LogP contribution in [0.3, 0.4) is 0 Å². The molecular weight excluding hydrogens is 370 g/mol. The number of aromatic nitrogens is 3. The van der Waals surface area contributed by atoms with Crippen molar-refractivity contribution >= 4 is 23.4 Å². The van der Waals surface area contributed by atoms with Crippen LogP contribution >= 0.6 is 11.8 Å². The fourth-order valence-electron chi connectivity index (χ4n) is 2.42. The molecule has 5 nitrogen and oxygen atoms in total. The number of hydrogen-bond acceptors (Lipinski definition) is 4. The van der Waals surface area contributed by atoms with Gasteiger partial charge in [-0.2, -0.15) is 0 Å². The van der Waals surface area contributed by atoms with Crippen molar-refractivity contribution in [2.24, 2.45) is 7.05 Å². The Balaban J connectivity index is 1.72. The van der Waals surface area contributed by atoms with E-state index >= 15 is 0 Å². The molecule has 1 heterocycles. The molecule has 0 saturated carbocycles. The van der Waals surface area contributed by atoms with E-state index in [0.29, 0.717) is 27.8 Å². The van der Waals surface area contributed by atoms with Gasteiger partial charge >= 0.3 is 0 Å². The summed E-state index contributed by atoms with van der Waals surface area (Å²) < 4.78 is 29.2. The predicted octanol–water partition coefficient (Wildman–Crippen LogP) is 4.19. The lowest BCUT2D eigenvalue weighted by Gasteiger charge is -2.12. The number of halogens is 2. The zero-order valence-electron chi connectivity index (χ0n) is 15.0. The number of nitrogens with one attached hydrogen (secondary N) is 1. The second kappa shape index (κ2) is 7.87. The first kappa shape index (κ1) is 19.0. The molecule has 1 atom stereocenters. The molecule has 0 aliphatic carbocycles. The van der Waals surface area contributed by atoms with Gasteiger partial charge in [-0.3, -0.25) is 4.79 Å². The molecule has 0 bridgehead atoms. The Bertz CT molecular complexity index is 990. The van der Waals surface area contributed by atoms with Crippen LogP contribution in [-0.4, -0.2) is 25.9 Å². The van der Waals surface area contributed by atoms with E-state index in [2.05, 4.69) is 15.5 Å². The zero-order chi connectivity index (χ0) is 19.6. The monoisotopic (exact) mass is 388 g/mol. The van der Waals surface area contributed by atoms with Crippen LogP contribution in [0.4, 0.5) is 14.5 Å². The van der Waals surface area contributed by atoms with Crippen LogP contribution in [0.1, 0.15) is 12.5 Å². The Morgan fingerprint density at radius 2 is 1.89 bits per heavy atom. The summed E-state index contributed by atoms with van der Waals surface area (Å²) in [5, 5.41) is 10.7. The van der Waals surface area contributed by atoms with E-state index in [-0.39, 0.29) is 11.7 Å². The topological polar surface area (TPSA) is 59.8 Å². The van der Waals surface area contributed by atoms with E-state index in [1.807, 2.05) is 0 Å². The predicted molar refractivity (Wildman–Crippen MR) is 101 cm³/mol. The van der Waals surface area contributed by atoms with Crippen molar-refractivity contribution in [2.75, 3.05) is 5.32 Å². The molecule has 1 amide bonds. The van der Waals surface area contributed by atoms with E-state index in [0.717, 1.165) is 0 Å². The fourth-order valence-corrected chi connectivity index (χ4v) is 3.24. The van der Waals surface area contributed by atoms with Crippen molar-refractivity contribution < 1.29 is 13.6 Å². The van der Waals surface area contributed by atoms with Crippen LogP contribution in [0.2, 0.25) is 0 Å². The molecule has 140 valence electrons. The van der Waals surface area contributed by atoms with Crippen molar-refractivity contribution in [2.45, 2.75) is 24.3 Å². The van der Waals surface area contributed by atoms with Crippen molar-refractivity contribution in [3.05, 3.63) is 59.7 Å². The highest BCUT2D eigenvalue weighted by atomic mass is 32.2. The number of anilines is 1. The average Bonchev–Trinajstić information content (AvgIpc) is 2.99. The van der Waals surface area contributed by atoms with Gasteiger partial charge in [-0.15, -0.1) is 10.2 Å². The van der Waals surface area contributed by atoms with Crippen LogP contribution in [0, 0.1) is 18.6 Å². The molecule has 0 aliphatic rings. The summed E-state index contributed by atoms with van der Waals surface area (Å²) in [6, 6.07) is 10.8. The van der Waals surface area contributed by atoms with Gasteiger partial charge in [0, 0.05) is 12.7 Å². The summed E-state index contributed by atoms with van der Waals surface area (Å²) in [6.45, 7) is 3.36. The summed E-state index contributed by atoms with van der Waals surface area (Å²) in [6.07, 6.45) is 0. The Morgan fingerprint density at radius 3 is 2.59 bits per heavy atom. The molecule has 27 heavy (non-hydrogen) atoms. The van der Waals surface area contributed by atoms with Crippen molar-refractivity contribution in [3.63, 3.8) is 0 Å². The number of hydrogen-bond donors (Lipinski definition) is 1. The largest absolute Gasteiger partial charge is 0.325 e. The number of thioether (sulfide) groups is 1.